The number of aromatic nitrogens is 1. The first-order valence-electron chi connectivity index (χ1n) is 4.94. The molecule has 8 heteroatoms. The number of hydrogen-bond donors (Lipinski definition) is 2. The number of amides is 1. The second kappa shape index (κ2) is 5.58. The molecule has 1 amide bonds. The van der Waals surface area contributed by atoms with Gasteiger partial charge in [0.15, 0.2) is 9.84 Å². The fourth-order valence-electron chi connectivity index (χ4n) is 1.23. The molecule has 1 aromatic heterocycles. The molecule has 0 spiro atoms. The smallest absolute Gasteiger partial charge is 0.354 e. The summed E-state index contributed by atoms with van der Waals surface area (Å²) in [4.78, 5) is 25.3. The molecule has 0 saturated heterocycles. The Labute approximate surface area is 104 Å². The van der Waals surface area contributed by atoms with Crippen molar-refractivity contribution in [2.75, 3.05) is 12.8 Å². The molecule has 0 aromatic carbocycles. The Kier molecular flexibility index (Phi) is 4.38. The Morgan fingerprint density at radius 3 is 2.61 bits per heavy atom. The van der Waals surface area contributed by atoms with Gasteiger partial charge in [-0.1, -0.05) is 6.07 Å². The number of carboxylic acids is 1. The van der Waals surface area contributed by atoms with Crippen molar-refractivity contribution in [3.8, 4) is 0 Å². The number of sulfone groups is 1. The molecule has 1 heterocycles. The van der Waals surface area contributed by atoms with Crippen LogP contribution in [0.1, 0.15) is 16.2 Å². The predicted molar refractivity (Wildman–Crippen MR) is 62.8 cm³/mol. The number of carbonyl (C=O) groups is 2. The van der Waals surface area contributed by atoms with Crippen molar-refractivity contribution >= 4 is 21.7 Å². The third kappa shape index (κ3) is 4.13. The molecule has 0 bridgehead atoms. The van der Waals surface area contributed by atoms with E-state index < -0.39 is 33.2 Å². The van der Waals surface area contributed by atoms with Crippen LogP contribution in [0.2, 0.25) is 0 Å². The van der Waals surface area contributed by atoms with E-state index >= 15 is 0 Å². The van der Waals surface area contributed by atoms with E-state index in [-0.39, 0.29) is 11.4 Å². The van der Waals surface area contributed by atoms with Crippen LogP contribution in [0.4, 0.5) is 0 Å². The maximum Gasteiger partial charge on any atom is 0.354 e. The highest BCUT2D eigenvalue weighted by Crippen LogP contribution is 2.05. The molecular formula is C10H12N2O5S. The summed E-state index contributed by atoms with van der Waals surface area (Å²) in [7, 11) is -2.32. The van der Waals surface area contributed by atoms with Crippen LogP contribution in [-0.2, 0) is 20.4 Å². The summed E-state index contributed by atoms with van der Waals surface area (Å²) in [6.07, 6.45) is 0. The second-order valence-corrected chi connectivity index (χ2v) is 5.59. The van der Waals surface area contributed by atoms with Gasteiger partial charge in [-0.05, 0) is 12.1 Å². The molecule has 0 saturated carbocycles. The van der Waals surface area contributed by atoms with Gasteiger partial charge in [0.1, 0.15) is 11.4 Å². The maximum atomic E-state index is 11.6. The van der Waals surface area contributed by atoms with Crippen LogP contribution in [-0.4, -0.2) is 43.2 Å². The number of carbonyl (C=O) groups excluding carboxylic acids is 1. The lowest BCUT2D eigenvalue weighted by Crippen LogP contribution is -2.27. The minimum absolute atomic E-state index is 0.0961. The summed E-state index contributed by atoms with van der Waals surface area (Å²) in [6, 6.07) is 4.06. The summed E-state index contributed by atoms with van der Waals surface area (Å²) in [5.41, 5.74) is -0.138. The number of aromatic carboxylic acids is 1. The van der Waals surface area contributed by atoms with Gasteiger partial charge in [0.2, 0.25) is 5.91 Å². The Morgan fingerprint density at radius 1 is 1.39 bits per heavy atom. The first kappa shape index (κ1) is 14.1. The Hall–Kier alpha value is -1.96. The molecule has 1 rings (SSSR count). The standard InChI is InChI=1S/C10H12N2O5S/c1-11-9(13)6-18(16,17)5-7-3-2-4-8(12-7)10(14)15/h2-4H,5-6H2,1H3,(H,11,13)(H,14,15). The van der Waals surface area contributed by atoms with E-state index in [0.717, 1.165) is 0 Å². The lowest BCUT2D eigenvalue weighted by Gasteiger charge is -2.04. The fraction of sp³-hybridized carbons (Fsp3) is 0.300. The normalized spacial score (nSPS) is 10.9. The SMILES string of the molecule is CNC(=O)CS(=O)(=O)Cc1cccc(C(=O)O)n1. The second-order valence-electron chi connectivity index (χ2n) is 3.52. The van der Waals surface area contributed by atoms with Crippen molar-refractivity contribution in [2.45, 2.75) is 5.75 Å². The Morgan fingerprint density at radius 2 is 2.06 bits per heavy atom. The molecule has 1 aromatic rings. The molecule has 0 unspecified atom stereocenters. The maximum absolute atomic E-state index is 11.6. The largest absolute Gasteiger partial charge is 0.477 e. The van der Waals surface area contributed by atoms with E-state index in [0.29, 0.717) is 0 Å². The van der Waals surface area contributed by atoms with Gasteiger partial charge < -0.3 is 10.4 Å². The van der Waals surface area contributed by atoms with Crippen molar-refractivity contribution in [3.05, 3.63) is 29.6 Å². The highest BCUT2D eigenvalue weighted by atomic mass is 32.2. The van der Waals surface area contributed by atoms with Crippen LogP contribution >= 0.6 is 0 Å². The van der Waals surface area contributed by atoms with Crippen LogP contribution in [0.3, 0.4) is 0 Å². The highest BCUT2D eigenvalue weighted by molar-refractivity contribution is 7.91. The molecule has 0 radical (unpaired) electrons. The van der Waals surface area contributed by atoms with E-state index in [4.69, 9.17) is 5.11 Å². The summed E-state index contributed by atoms with van der Waals surface area (Å²) in [5, 5.41) is 10.9. The number of nitrogens with zero attached hydrogens (tertiary/aromatic N) is 1. The minimum atomic E-state index is -3.66. The summed E-state index contributed by atoms with van der Waals surface area (Å²) in [5.74, 6) is -2.98. The number of nitrogens with one attached hydrogen (secondary N) is 1. The van der Waals surface area contributed by atoms with Crippen LogP contribution in [0.5, 0.6) is 0 Å². The van der Waals surface area contributed by atoms with E-state index in [1.807, 2.05) is 0 Å². The van der Waals surface area contributed by atoms with Gasteiger partial charge >= 0.3 is 5.97 Å². The lowest BCUT2D eigenvalue weighted by molar-refractivity contribution is -0.118. The Balaban J connectivity index is 2.87. The summed E-state index contributed by atoms with van der Waals surface area (Å²) < 4.78 is 23.2. The molecular weight excluding hydrogens is 260 g/mol. The van der Waals surface area contributed by atoms with Gasteiger partial charge in [0.25, 0.3) is 0 Å². The zero-order chi connectivity index (χ0) is 13.8. The van der Waals surface area contributed by atoms with E-state index in [1.165, 1.54) is 25.2 Å². The lowest BCUT2D eigenvalue weighted by atomic mass is 10.3. The van der Waals surface area contributed by atoms with Gasteiger partial charge in [-0.2, -0.15) is 0 Å². The molecule has 7 nitrogen and oxygen atoms in total. The zero-order valence-electron chi connectivity index (χ0n) is 9.58. The minimum Gasteiger partial charge on any atom is -0.477 e. The molecule has 0 fully saturated rings. The summed E-state index contributed by atoms with van der Waals surface area (Å²) >= 11 is 0. The molecule has 0 atom stereocenters. The van der Waals surface area contributed by atoms with Crippen LogP contribution in [0, 0.1) is 0 Å². The van der Waals surface area contributed by atoms with Crippen molar-refractivity contribution in [1.29, 1.82) is 0 Å². The van der Waals surface area contributed by atoms with E-state index in [2.05, 4.69) is 10.3 Å². The topological polar surface area (TPSA) is 113 Å². The van der Waals surface area contributed by atoms with Crippen LogP contribution < -0.4 is 5.32 Å². The molecule has 0 aliphatic carbocycles. The van der Waals surface area contributed by atoms with Crippen LogP contribution in [0.25, 0.3) is 0 Å². The zero-order valence-corrected chi connectivity index (χ0v) is 10.4. The van der Waals surface area contributed by atoms with Crippen LogP contribution in [0.15, 0.2) is 18.2 Å². The number of carboxylic acid groups (broad SMARTS) is 1. The molecule has 2 N–H and O–H groups in total. The summed E-state index contributed by atoms with van der Waals surface area (Å²) in [6.45, 7) is 0. The van der Waals surface area contributed by atoms with Crippen molar-refractivity contribution in [3.63, 3.8) is 0 Å². The number of pyridine rings is 1. The monoisotopic (exact) mass is 272 g/mol. The number of rotatable bonds is 5. The van der Waals surface area contributed by atoms with Crippen molar-refractivity contribution in [1.82, 2.24) is 10.3 Å². The molecule has 18 heavy (non-hydrogen) atoms. The van der Waals surface area contributed by atoms with Gasteiger partial charge in [-0.25, -0.2) is 18.2 Å². The van der Waals surface area contributed by atoms with Gasteiger partial charge in [-0.15, -0.1) is 0 Å². The van der Waals surface area contributed by atoms with E-state index in [1.54, 1.807) is 0 Å². The third-order valence-corrected chi connectivity index (χ3v) is 3.46. The van der Waals surface area contributed by atoms with Gasteiger partial charge in [-0.3, -0.25) is 4.79 Å². The third-order valence-electron chi connectivity index (χ3n) is 2.02. The quantitative estimate of drug-likeness (QED) is 0.742. The molecule has 0 aliphatic rings. The van der Waals surface area contributed by atoms with Crippen molar-refractivity contribution < 1.29 is 23.1 Å². The first-order valence-corrected chi connectivity index (χ1v) is 6.76. The average Bonchev–Trinajstić information content (AvgIpc) is 2.27. The van der Waals surface area contributed by atoms with E-state index in [9.17, 15) is 18.0 Å². The molecule has 0 aliphatic heterocycles. The predicted octanol–water partition coefficient (Wildman–Crippen LogP) is -0.559. The van der Waals surface area contributed by atoms with Gasteiger partial charge in [0, 0.05) is 7.05 Å². The van der Waals surface area contributed by atoms with Gasteiger partial charge in [0.05, 0.1) is 11.4 Å². The Bertz CT molecular complexity index is 567. The first-order chi connectivity index (χ1) is 8.34. The molecule has 98 valence electrons. The van der Waals surface area contributed by atoms with Crippen molar-refractivity contribution in [2.24, 2.45) is 0 Å². The number of hydrogen-bond acceptors (Lipinski definition) is 5. The average molecular weight is 272 g/mol. The fourth-order valence-corrected chi connectivity index (χ4v) is 2.48. The highest BCUT2D eigenvalue weighted by Gasteiger charge is 2.18.